The fourth-order valence-electron chi connectivity index (χ4n) is 1.08. The van der Waals surface area contributed by atoms with E-state index in [4.69, 9.17) is 5.53 Å². The van der Waals surface area contributed by atoms with Crippen LogP contribution in [-0.4, -0.2) is 5.91 Å². The summed E-state index contributed by atoms with van der Waals surface area (Å²) in [7, 11) is 0. The molecule has 4 nitrogen and oxygen atoms in total. The van der Waals surface area contributed by atoms with Crippen molar-refractivity contribution in [1.82, 2.24) is 0 Å². The number of carbonyl (C=O) groups is 1. The van der Waals surface area contributed by atoms with Crippen molar-refractivity contribution in [2.45, 2.75) is 13.3 Å². The number of benzene rings is 1. The Kier molecular flexibility index (Phi) is 3.06. The van der Waals surface area contributed by atoms with E-state index in [2.05, 4.69) is 10.0 Å². The summed E-state index contributed by atoms with van der Waals surface area (Å²) >= 11 is 0. The van der Waals surface area contributed by atoms with Crippen LogP contribution in [0.15, 0.2) is 29.4 Å². The van der Waals surface area contributed by atoms with E-state index in [0.717, 1.165) is 11.1 Å². The lowest BCUT2D eigenvalue weighted by molar-refractivity contribution is -0.117. The lowest BCUT2D eigenvalue weighted by Crippen LogP contribution is -1.97. The molecule has 0 atom stereocenters. The van der Waals surface area contributed by atoms with E-state index in [1.54, 1.807) is 0 Å². The summed E-state index contributed by atoms with van der Waals surface area (Å²) in [6, 6.07) is 7.54. The van der Waals surface area contributed by atoms with Gasteiger partial charge in [-0.05, 0) is 23.1 Å². The van der Waals surface area contributed by atoms with Crippen molar-refractivity contribution in [3.63, 3.8) is 0 Å². The maximum Gasteiger partial charge on any atom is 0.223 e. The predicted molar refractivity (Wildman–Crippen MR) is 49.0 cm³/mol. The Morgan fingerprint density at radius 1 is 1.62 bits per heavy atom. The van der Waals surface area contributed by atoms with Crippen LogP contribution < -0.4 is 0 Å². The molecule has 0 unspecified atom stereocenters. The summed E-state index contributed by atoms with van der Waals surface area (Å²) in [4.78, 5) is 13.3. The number of aryl methyl sites for hydroxylation is 1. The smallest absolute Gasteiger partial charge is 0.223 e. The summed E-state index contributed by atoms with van der Waals surface area (Å²) < 4.78 is 0. The van der Waals surface area contributed by atoms with Crippen molar-refractivity contribution >= 4 is 5.91 Å². The van der Waals surface area contributed by atoms with Crippen LogP contribution in [0.5, 0.6) is 0 Å². The molecule has 0 aliphatic heterocycles. The molecule has 0 aliphatic rings. The van der Waals surface area contributed by atoms with Crippen LogP contribution in [-0.2, 0) is 11.2 Å². The average Bonchev–Trinajstić information content (AvgIpc) is 2.04. The third kappa shape index (κ3) is 2.97. The third-order valence-corrected chi connectivity index (χ3v) is 1.59. The first kappa shape index (κ1) is 9.29. The van der Waals surface area contributed by atoms with Gasteiger partial charge in [0.2, 0.25) is 5.91 Å². The van der Waals surface area contributed by atoms with Crippen molar-refractivity contribution in [3.8, 4) is 0 Å². The fraction of sp³-hybridized carbons (Fsp3) is 0.222. The van der Waals surface area contributed by atoms with E-state index in [9.17, 15) is 4.79 Å². The number of amides is 1. The monoisotopic (exact) mass is 175 g/mol. The van der Waals surface area contributed by atoms with Gasteiger partial charge in [0.15, 0.2) is 0 Å². The second-order valence-electron chi connectivity index (χ2n) is 2.75. The predicted octanol–water partition coefficient (Wildman–Crippen LogP) is 2.37. The molecule has 0 spiro atoms. The van der Waals surface area contributed by atoms with Gasteiger partial charge in [-0.1, -0.05) is 29.8 Å². The zero-order valence-corrected chi connectivity index (χ0v) is 7.27. The normalized spacial score (nSPS) is 9.00. The molecule has 0 heterocycles. The van der Waals surface area contributed by atoms with Crippen LogP contribution in [0.2, 0.25) is 0 Å². The van der Waals surface area contributed by atoms with E-state index in [0.29, 0.717) is 0 Å². The zero-order chi connectivity index (χ0) is 9.68. The highest BCUT2D eigenvalue weighted by molar-refractivity contribution is 5.79. The van der Waals surface area contributed by atoms with E-state index >= 15 is 0 Å². The molecule has 0 fully saturated rings. The molecule has 13 heavy (non-hydrogen) atoms. The number of carbonyl (C=O) groups excluding carboxylic acids is 1. The standard InChI is InChI=1S/C9H9N3O/c1-7-3-2-4-8(5-7)6-9(13)11-12-10/h2-5H,6H2,1H3. The average molecular weight is 175 g/mol. The van der Waals surface area contributed by atoms with Crippen molar-refractivity contribution in [2.24, 2.45) is 5.11 Å². The highest BCUT2D eigenvalue weighted by atomic mass is 16.1. The van der Waals surface area contributed by atoms with Gasteiger partial charge in [0, 0.05) is 11.3 Å². The Morgan fingerprint density at radius 3 is 3.00 bits per heavy atom. The first-order valence-corrected chi connectivity index (χ1v) is 3.86. The molecular weight excluding hydrogens is 166 g/mol. The molecule has 0 aromatic heterocycles. The highest BCUT2D eigenvalue weighted by Crippen LogP contribution is 2.05. The topological polar surface area (TPSA) is 65.8 Å². The Morgan fingerprint density at radius 2 is 2.38 bits per heavy atom. The maximum atomic E-state index is 10.9. The number of hydrogen-bond acceptors (Lipinski definition) is 1. The van der Waals surface area contributed by atoms with Crippen molar-refractivity contribution in [1.29, 1.82) is 0 Å². The summed E-state index contributed by atoms with van der Waals surface area (Å²) in [5.41, 5.74) is 9.97. The van der Waals surface area contributed by atoms with Gasteiger partial charge in [-0.2, -0.15) is 0 Å². The van der Waals surface area contributed by atoms with Gasteiger partial charge in [-0.25, -0.2) is 0 Å². The van der Waals surface area contributed by atoms with E-state index in [-0.39, 0.29) is 6.42 Å². The van der Waals surface area contributed by atoms with Gasteiger partial charge in [0.1, 0.15) is 0 Å². The first-order valence-electron chi connectivity index (χ1n) is 3.86. The van der Waals surface area contributed by atoms with Crippen LogP contribution in [0.4, 0.5) is 0 Å². The number of nitrogens with zero attached hydrogens (tertiary/aromatic N) is 3. The van der Waals surface area contributed by atoms with Crippen LogP contribution in [0.3, 0.4) is 0 Å². The van der Waals surface area contributed by atoms with Gasteiger partial charge in [-0.3, -0.25) is 4.79 Å². The molecule has 66 valence electrons. The van der Waals surface area contributed by atoms with Crippen molar-refractivity contribution in [3.05, 3.63) is 45.8 Å². The quantitative estimate of drug-likeness (QED) is 0.386. The summed E-state index contributed by atoms with van der Waals surface area (Å²) in [5, 5.41) is 2.99. The van der Waals surface area contributed by atoms with Crippen molar-refractivity contribution < 1.29 is 4.79 Å². The minimum atomic E-state index is -0.451. The molecule has 1 amide bonds. The lowest BCUT2D eigenvalue weighted by atomic mass is 10.1. The van der Waals surface area contributed by atoms with Gasteiger partial charge in [0.25, 0.3) is 0 Å². The Labute approximate surface area is 75.8 Å². The second-order valence-corrected chi connectivity index (χ2v) is 2.75. The molecular formula is C9H9N3O. The summed E-state index contributed by atoms with van der Waals surface area (Å²) in [6.45, 7) is 1.95. The van der Waals surface area contributed by atoms with Crippen LogP contribution >= 0.6 is 0 Å². The molecule has 1 aromatic rings. The molecule has 4 heteroatoms. The van der Waals surface area contributed by atoms with Gasteiger partial charge in [0.05, 0.1) is 0 Å². The van der Waals surface area contributed by atoms with E-state index in [1.807, 2.05) is 31.2 Å². The Balaban J connectivity index is 2.74. The van der Waals surface area contributed by atoms with E-state index in [1.165, 1.54) is 0 Å². The highest BCUT2D eigenvalue weighted by Gasteiger charge is 1.99. The second kappa shape index (κ2) is 4.28. The molecule has 1 aromatic carbocycles. The van der Waals surface area contributed by atoms with Crippen LogP contribution in [0.25, 0.3) is 10.4 Å². The molecule has 0 aliphatic carbocycles. The number of hydrogen-bond donors (Lipinski definition) is 0. The number of azide groups is 1. The summed E-state index contributed by atoms with van der Waals surface area (Å²) in [5.74, 6) is -0.451. The Hall–Kier alpha value is -1.80. The SMILES string of the molecule is Cc1cccc(CC(=O)N=[N+]=[N-])c1. The number of rotatable bonds is 2. The van der Waals surface area contributed by atoms with E-state index < -0.39 is 5.91 Å². The molecule has 0 saturated carbocycles. The molecule has 0 bridgehead atoms. The third-order valence-electron chi connectivity index (χ3n) is 1.59. The molecule has 0 saturated heterocycles. The maximum absolute atomic E-state index is 10.9. The minimum absolute atomic E-state index is 0.172. The van der Waals surface area contributed by atoms with Gasteiger partial charge >= 0.3 is 0 Å². The largest absolute Gasteiger partial charge is 0.292 e. The Bertz CT molecular complexity index is 367. The van der Waals surface area contributed by atoms with Gasteiger partial charge < -0.3 is 0 Å². The molecule has 1 rings (SSSR count). The van der Waals surface area contributed by atoms with Crippen LogP contribution in [0.1, 0.15) is 11.1 Å². The minimum Gasteiger partial charge on any atom is -0.292 e. The van der Waals surface area contributed by atoms with Crippen molar-refractivity contribution in [2.75, 3.05) is 0 Å². The molecule has 0 radical (unpaired) electrons. The first-order chi connectivity index (χ1) is 6.22. The van der Waals surface area contributed by atoms with Gasteiger partial charge in [-0.15, -0.1) is 0 Å². The molecule has 0 N–H and O–H groups in total. The van der Waals surface area contributed by atoms with Crippen LogP contribution in [0, 0.1) is 6.92 Å². The summed E-state index contributed by atoms with van der Waals surface area (Å²) in [6.07, 6.45) is 0.172. The fourth-order valence-corrected chi connectivity index (χ4v) is 1.08. The zero-order valence-electron chi connectivity index (χ0n) is 7.27. The lowest BCUT2D eigenvalue weighted by Gasteiger charge is -1.97.